The van der Waals surface area contributed by atoms with E-state index in [4.69, 9.17) is 32.7 Å². The van der Waals surface area contributed by atoms with E-state index in [0.29, 0.717) is 29.0 Å². The van der Waals surface area contributed by atoms with Crippen molar-refractivity contribution < 1.29 is 27.1 Å². The van der Waals surface area contributed by atoms with Crippen LogP contribution in [-0.2, 0) is 14.8 Å². The van der Waals surface area contributed by atoms with Gasteiger partial charge in [-0.05, 0) is 80.1 Å². The first kappa shape index (κ1) is 29.1. The SMILES string of the molecule is COCC(c1cc(Cl)cc(Cl)c1)N1CCC(C)(COc2cc(F)c(C(=O)NS(C)(=O)=O)cc2C2CC2)CC1. The van der Waals surface area contributed by atoms with E-state index in [0.717, 1.165) is 56.2 Å². The van der Waals surface area contributed by atoms with E-state index < -0.39 is 21.7 Å². The summed E-state index contributed by atoms with van der Waals surface area (Å²) in [6.07, 6.45) is 4.40. The molecule has 0 radical (unpaired) electrons. The molecule has 2 fully saturated rings. The first-order valence-electron chi connectivity index (χ1n) is 12.5. The molecule has 1 amide bonds. The number of likely N-dealkylation sites (tertiary alicyclic amines) is 1. The van der Waals surface area contributed by atoms with E-state index in [1.54, 1.807) is 13.2 Å². The molecule has 0 spiro atoms. The van der Waals surface area contributed by atoms with E-state index in [2.05, 4.69) is 11.8 Å². The van der Waals surface area contributed by atoms with E-state index in [9.17, 15) is 17.6 Å². The third kappa shape index (κ3) is 7.39. The van der Waals surface area contributed by atoms with E-state index in [1.165, 1.54) is 12.1 Å². The number of hydrogen-bond acceptors (Lipinski definition) is 6. The van der Waals surface area contributed by atoms with Crippen LogP contribution in [0.5, 0.6) is 5.75 Å². The Morgan fingerprint density at radius 3 is 2.34 bits per heavy atom. The molecule has 1 saturated carbocycles. The number of carbonyl (C=O) groups excluding carboxylic acids is 1. The van der Waals surface area contributed by atoms with Gasteiger partial charge in [0, 0.05) is 28.6 Å². The van der Waals surface area contributed by atoms with Crippen LogP contribution in [0.2, 0.25) is 10.0 Å². The fourth-order valence-corrected chi connectivity index (χ4v) is 5.91. The molecule has 0 bridgehead atoms. The Bertz CT molecular complexity index is 1270. The Morgan fingerprint density at radius 1 is 1.16 bits per heavy atom. The molecule has 7 nitrogen and oxygen atoms in total. The smallest absolute Gasteiger partial charge is 0.267 e. The van der Waals surface area contributed by atoms with Crippen LogP contribution in [0.4, 0.5) is 4.39 Å². The molecular formula is C27H33Cl2FN2O5S. The zero-order valence-electron chi connectivity index (χ0n) is 21.7. The van der Waals surface area contributed by atoms with Gasteiger partial charge in [-0.25, -0.2) is 17.5 Å². The van der Waals surface area contributed by atoms with Gasteiger partial charge in [0.2, 0.25) is 10.0 Å². The zero-order chi connectivity index (χ0) is 27.7. The molecule has 208 valence electrons. The topological polar surface area (TPSA) is 84.9 Å². The fourth-order valence-electron chi connectivity index (χ4n) is 4.92. The summed E-state index contributed by atoms with van der Waals surface area (Å²) in [6, 6.07) is 8.21. The van der Waals surface area contributed by atoms with E-state index >= 15 is 0 Å². The Labute approximate surface area is 233 Å². The number of nitrogens with zero attached hydrogens (tertiary/aromatic N) is 1. The molecule has 1 N–H and O–H groups in total. The largest absolute Gasteiger partial charge is 0.493 e. The lowest BCUT2D eigenvalue weighted by Crippen LogP contribution is -2.44. The highest BCUT2D eigenvalue weighted by molar-refractivity contribution is 7.89. The number of sulfonamides is 1. The highest BCUT2D eigenvalue weighted by atomic mass is 35.5. The number of benzene rings is 2. The van der Waals surface area contributed by atoms with Crippen molar-refractivity contribution in [2.24, 2.45) is 5.41 Å². The van der Waals surface area contributed by atoms with Crippen LogP contribution in [0.3, 0.4) is 0 Å². The molecular weight excluding hydrogens is 554 g/mol. The highest BCUT2D eigenvalue weighted by Crippen LogP contribution is 2.46. The van der Waals surface area contributed by atoms with Crippen molar-refractivity contribution >= 4 is 39.1 Å². The van der Waals surface area contributed by atoms with Crippen LogP contribution < -0.4 is 9.46 Å². The van der Waals surface area contributed by atoms with Crippen LogP contribution in [0.1, 0.15) is 66.1 Å². The fraction of sp³-hybridized carbons (Fsp3) is 0.519. The summed E-state index contributed by atoms with van der Waals surface area (Å²) in [5, 5.41) is 1.17. The van der Waals surface area contributed by atoms with Crippen molar-refractivity contribution in [3.05, 3.63) is 62.9 Å². The Hall–Kier alpha value is -1.91. The first-order chi connectivity index (χ1) is 17.9. The Morgan fingerprint density at radius 2 is 1.79 bits per heavy atom. The predicted octanol–water partition coefficient (Wildman–Crippen LogP) is 5.57. The van der Waals surface area contributed by atoms with Gasteiger partial charge >= 0.3 is 0 Å². The summed E-state index contributed by atoms with van der Waals surface area (Å²) < 4.78 is 51.3. The molecule has 1 heterocycles. The van der Waals surface area contributed by atoms with Gasteiger partial charge in [0.15, 0.2) is 0 Å². The molecule has 2 aliphatic rings. The van der Waals surface area contributed by atoms with Gasteiger partial charge < -0.3 is 9.47 Å². The summed E-state index contributed by atoms with van der Waals surface area (Å²) in [5.74, 6) is -1.21. The van der Waals surface area contributed by atoms with Crippen molar-refractivity contribution in [3.8, 4) is 5.75 Å². The minimum atomic E-state index is -3.81. The monoisotopic (exact) mass is 586 g/mol. The van der Waals surface area contributed by atoms with E-state index in [1.807, 2.05) is 16.9 Å². The standard InChI is InChI=1S/C27H33Cl2FN2O5S/c1-27(6-8-32(9-7-27)24(15-36-2)18-10-19(28)12-20(29)11-18)16-37-25-14-23(30)22(13-21(25)17-4-5-17)26(33)31-38(3,34)35/h10-14,17,24H,4-9,15-16H2,1-3H3,(H,31,33). The normalized spacial score (nSPS) is 18.7. The average molecular weight is 588 g/mol. The van der Waals surface area contributed by atoms with Gasteiger partial charge in [0.1, 0.15) is 11.6 Å². The van der Waals surface area contributed by atoms with Gasteiger partial charge in [0.25, 0.3) is 5.91 Å². The minimum absolute atomic E-state index is 0.0165. The maximum Gasteiger partial charge on any atom is 0.267 e. The number of carbonyl (C=O) groups is 1. The van der Waals surface area contributed by atoms with Crippen LogP contribution >= 0.6 is 23.2 Å². The maximum absolute atomic E-state index is 14.9. The Balaban J connectivity index is 1.44. The van der Waals surface area contributed by atoms with Crippen molar-refractivity contribution in [2.75, 3.05) is 39.7 Å². The molecule has 2 aromatic rings. The number of hydrogen-bond donors (Lipinski definition) is 1. The highest BCUT2D eigenvalue weighted by Gasteiger charge is 2.35. The molecule has 1 saturated heterocycles. The Kier molecular flexibility index (Phi) is 8.94. The summed E-state index contributed by atoms with van der Waals surface area (Å²) in [5.41, 5.74) is 1.32. The minimum Gasteiger partial charge on any atom is -0.493 e. The number of methoxy groups -OCH3 is 1. The van der Waals surface area contributed by atoms with Crippen LogP contribution in [-0.4, -0.2) is 58.9 Å². The van der Waals surface area contributed by atoms with E-state index in [-0.39, 0.29) is 22.9 Å². The second-order valence-corrected chi connectivity index (χ2v) is 13.3. The molecule has 4 rings (SSSR count). The lowest BCUT2D eigenvalue weighted by molar-refractivity contribution is 0.0216. The van der Waals surface area contributed by atoms with Crippen molar-refractivity contribution in [2.45, 2.75) is 44.6 Å². The predicted molar refractivity (Wildman–Crippen MR) is 146 cm³/mol. The van der Waals surface area contributed by atoms with Gasteiger partial charge in [-0.3, -0.25) is 9.69 Å². The van der Waals surface area contributed by atoms with Crippen LogP contribution in [0.15, 0.2) is 30.3 Å². The molecule has 1 aliphatic heterocycles. The second kappa shape index (κ2) is 11.7. The first-order valence-corrected chi connectivity index (χ1v) is 15.2. The third-order valence-corrected chi connectivity index (χ3v) is 8.25. The lowest BCUT2D eigenvalue weighted by atomic mass is 9.80. The molecule has 11 heteroatoms. The quantitative estimate of drug-likeness (QED) is 0.392. The number of piperidine rings is 1. The third-order valence-electron chi connectivity index (χ3n) is 7.26. The molecule has 0 aromatic heterocycles. The number of amides is 1. The van der Waals surface area contributed by atoms with Gasteiger partial charge in [-0.1, -0.05) is 30.1 Å². The average Bonchev–Trinajstić information content (AvgIpc) is 3.66. The second-order valence-electron chi connectivity index (χ2n) is 10.7. The molecule has 1 aliphatic carbocycles. The van der Waals surface area contributed by atoms with Crippen molar-refractivity contribution in [3.63, 3.8) is 0 Å². The zero-order valence-corrected chi connectivity index (χ0v) is 24.1. The lowest BCUT2D eigenvalue weighted by Gasteiger charge is -2.42. The number of rotatable bonds is 10. The van der Waals surface area contributed by atoms with Gasteiger partial charge in [-0.2, -0.15) is 0 Å². The molecule has 2 aromatic carbocycles. The van der Waals surface area contributed by atoms with Crippen LogP contribution in [0.25, 0.3) is 0 Å². The summed E-state index contributed by atoms with van der Waals surface area (Å²) in [6.45, 7) is 4.69. The summed E-state index contributed by atoms with van der Waals surface area (Å²) >= 11 is 12.5. The maximum atomic E-state index is 14.9. The molecule has 1 unspecified atom stereocenters. The van der Waals surface area contributed by atoms with Gasteiger partial charge in [-0.15, -0.1) is 0 Å². The van der Waals surface area contributed by atoms with Crippen LogP contribution in [0, 0.1) is 11.2 Å². The summed E-state index contributed by atoms with van der Waals surface area (Å²) in [4.78, 5) is 14.7. The number of ether oxygens (including phenoxy) is 2. The number of nitrogens with one attached hydrogen (secondary N) is 1. The van der Waals surface area contributed by atoms with Gasteiger partial charge in [0.05, 0.1) is 31.1 Å². The summed E-state index contributed by atoms with van der Waals surface area (Å²) in [7, 11) is -2.13. The van der Waals surface area contributed by atoms with Crippen molar-refractivity contribution in [1.29, 1.82) is 0 Å². The van der Waals surface area contributed by atoms with Crippen molar-refractivity contribution in [1.82, 2.24) is 9.62 Å². The number of halogens is 3. The molecule has 38 heavy (non-hydrogen) atoms. The molecule has 1 atom stereocenters.